The van der Waals surface area contributed by atoms with E-state index >= 15 is 0 Å². The van der Waals surface area contributed by atoms with Gasteiger partial charge in [0.25, 0.3) is 0 Å². The number of aromatic nitrogens is 2. The van der Waals surface area contributed by atoms with Gasteiger partial charge in [0.15, 0.2) is 0 Å². The third-order valence-electron chi connectivity index (χ3n) is 7.56. The van der Waals surface area contributed by atoms with E-state index in [2.05, 4.69) is 121 Å². The first-order valence-electron chi connectivity index (χ1n) is 11.4. The molecule has 158 valence electrons. The molecule has 9 aromatic rings. The van der Waals surface area contributed by atoms with Crippen molar-refractivity contribution >= 4 is 114 Å². The van der Waals surface area contributed by atoms with Crippen LogP contribution < -0.4 is 0 Å². The highest BCUT2D eigenvalue weighted by Crippen LogP contribution is 2.46. The fourth-order valence-corrected chi connectivity index (χ4v) is 8.29. The van der Waals surface area contributed by atoms with Crippen molar-refractivity contribution < 1.29 is 0 Å². The quantitative estimate of drug-likeness (QED) is 0.163. The summed E-state index contributed by atoms with van der Waals surface area (Å²) < 4.78 is 7.60. The van der Waals surface area contributed by atoms with Gasteiger partial charge < -0.3 is 4.40 Å². The monoisotopic (exact) mass is 562 g/mol. The average Bonchev–Trinajstić information content (AvgIpc) is 3.49. The molecule has 0 amide bonds. The molecule has 0 aliphatic carbocycles. The van der Waals surface area contributed by atoms with Crippen LogP contribution in [0.25, 0.3) is 80.1 Å². The van der Waals surface area contributed by atoms with E-state index in [1.54, 1.807) is 0 Å². The second-order valence-electron chi connectivity index (χ2n) is 9.13. The SMILES string of the molecule is In1c2cccc3c4cccc5c6ccc7c8ccccc8sc7c6n(c6cccc1c6c32)c45. The minimum Gasteiger partial charge on any atom is -0.306 e. The van der Waals surface area contributed by atoms with Crippen LogP contribution in [0.2, 0.25) is 0 Å². The molecule has 9 rings (SSSR count). The standard InChI is InChI=1S/C30H15IN2S/c31-33-23-11-4-7-17-18-8-3-9-19-20-14-15-21-16-6-1-2-13-25(16)34-30(21)29(20)32(28(18)19)22-10-5-12-24(33)27(22)26(17)23/h1-15H. The summed E-state index contributed by atoms with van der Waals surface area (Å²) in [6, 6.07) is 33.8. The zero-order valence-electron chi connectivity index (χ0n) is 17.8. The lowest BCUT2D eigenvalue weighted by Gasteiger charge is -2.03. The van der Waals surface area contributed by atoms with E-state index < -0.39 is 0 Å². The molecule has 0 fully saturated rings. The normalized spacial score (nSPS) is 12.9. The molecule has 0 saturated heterocycles. The van der Waals surface area contributed by atoms with Crippen LogP contribution in [-0.4, -0.2) is 7.18 Å². The molecular weight excluding hydrogens is 547 g/mol. The molecule has 0 bridgehead atoms. The van der Waals surface area contributed by atoms with Crippen molar-refractivity contribution in [3.63, 3.8) is 0 Å². The van der Waals surface area contributed by atoms with Crippen LogP contribution in [0.15, 0.2) is 91.0 Å². The van der Waals surface area contributed by atoms with Crippen molar-refractivity contribution in [3.8, 4) is 0 Å². The molecule has 0 unspecified atom stereocenters. The van der Waals surface area contributed by atoms with Gasteiger partial charge in [-0.05, 0) is 29.7 Å². The van der Waals surface area contributed by atoms with Crippen LogP contribution in [0.4, 0.5) is 0 Å². The van der Waals surface area contributed by atoms with E-state index in [9.17, 15) is 0 Å². The van der Waals surface area contributed by atoms with Crippen molar-refractivity contribution in [1.82, 2.24) is 7.18 Å². The Bertz CT molecular complexity index is 2300. The van der Waals surface area contributed by atoms with Crippen LogP contribution in [0, 0.1) is 0 Å². The van der Waals surface area contributed by atoms with Gasteiger partial charge in [-0.25, -0.2) is 0 Å². The Hall–Kier alpha value is -3.35. The van der Waals surface area contributed by atoms with Gasteiger partial charge in [0, 0.05) is 42.4 Å². The van der Waals surface area contributed by atoms with Crippen LogP contribution in [0.5, 0.6) is 0 Å². The predicted molar refractivity (Wildman–Crippen MR) is 156 cm³/mol. The number of fused-ring (bicyclic) bond motifs is 9. The van der Waals surface area contributed by atoms with Crippen LogP contribution in [-0.2, 0) is 0 Å². The van der Waals surface area contributed by atoms with E-state index in [1.807, 2.05) is 11.3 Å². The number of hydrogen-bond donors (Lipinski definition) is 0. The first kappa shape index (κ1) is 18.0. The molecule has 0 N–H and O–H groups in total. The Morgan fingerprint density at radius 3 is 2.03 bits per heavy atom. The Labute approximate surface area is 211 Å². The number of nitrogens with zero attached hydrogens (tertiary/aromatic N) is 2. The van der Waals surface area contributed by atoms with E-state index in [-0.39, 0.29) is 0 Å². The van der Waals surface area contributed by atoms with Crippen molar-refractivity contribution in [3.05, 3.63) is 91.0 Å². The maximum Gasteiger partial charge on any atom is 0.0720 e. The van der Waals surface area contributed by atoms with Gasteiger partial charge >= 0.3 is 0 Å². The lowest BCUT2D eigenvalue weighted by atomic mass is 10.0. The van der Waals surface area contributed by atoms with Gasteiger partial charge in [0.1, 0.15) is 0 Å². The number of rotatable bonds is 0. The Kier molecular flexibility index (Phi) is 3.19. The Morgan fingerprint density at radius 1 is 0.500 bits per heavy atom. The second-order valence-corrected chi connectivity index (χ2v) is 11.1. The molecule has 2 nitrogen and oxygen atoms in total. The van der Waals surface area contributed by atoms with Crippen LogP contribution in [0.1, 0.15) is 0 Å². The highest BCUT2D eigenvalue weighted by Gasteiger charge is 2.22. The zero-order valence-corrected chi connectivity index (χ0v) is 20.8. The molecular formula is C30H15IN2S. The molecule has 0 radical (unpaired) electrons. The number of para-hydroxylation sites is 1. The van der Waals surface area contributed by atoms with Gasteiger partial charge in [0.05, 0.1) is 55.1 Å². The summed E-state index contributed by atoms with van der Waals surface area (Å²) >= 11 is 4.38. The summed E-state index contributed by atoms with van der Waals surface area (Å²) in [6.45, 7) is 0. The topological polar surface area (TPSA) is 9.34 Å². The van der Waals surface area contributed by atoms with Crippen molar-refractivity contribution in [2.45, 2.75) is 0 Å². The van der Waals surface area contributed by atoms with Gasteiger partial charge in [-0.3, -0.25) is 2.78 Å². The summed E-state index contributed by atoms with van der Waals surface area (Å²) in [7, 11) is 0. The van der Waals surface area contributed by atoms with Gasteiger partial charge in [-0.1, -0.05) is 66.7 Å². The minimum atomic E-state index is 1.27. The summed E-state index contributed by atoms with van der Waals surface area (Å²) in [5, 5.41) is 10.7. The van der Waals surface area contributed by atoms with Crippen LogP contribution >= 0.6 is 34.2 Å². The summed E-state index contributed by atoms with van der Waals surface area (Å²) in [6.07, 6.45) is 0. The molecule has 0 aliphatic heterocycles. The lowest BCUT2D eigenvalue weighted by molar-refractivity contribution is 1.37. The molecule has 5 aromatic carbocycles. The summed E-state index contributed by atoms with van der Waals surface area (Å²) in [4.78, 5) is 0. The summed E-state index contributed by atoms with van der Waals surface area (Å²) in [5.41, 5.74) is 6.47. The van der Waals surface area contributed by atoms with E-state index in [4.69, 9.17) is 0 Å². The zero-order chi connectivity index (χ0) is 22.1. The third kappa shape index (κ3) is 1.93. The van der Waals surface area contributed by atoms with Crippen molar-refractivity contribution in [1.29, 1.82) is 0 Å². The van der Waals surface area contributed by atoms with Crippen molar-refractivity contribution in [2.24, 2.45) is 0 Å². The fourth-order valence-electron chi connectivity index (χ4n) is 6.24. The number of benzene rings is 5. The molecule has 4 heterocycles. The largest absolute Gasteiger partial charge is 0.306 e. The first-order chi connectivity index (χ1) is 16.8. The van der Waals surface area contributed by atoms with Crippen LogP contribution in [0.3, 0.4) is 0 Å². The number of thiophene rings is 1. The maximum absolute atomic E-state index is 2.57. The van der Waals surface area contributed by atoms with E-state index in [0.717, 1.165) is 0 Å². The second kappa shape index (κ2) is 6.01. The molecule has 4 aromatic heterocycles. The third-order valence-corrected chi connectivity index (χ3v) is 9.79. The number of halogens is 1. The smallest absolute Gasteiger partial charge is 0.0720 e. The van der Waals surface area contributed by atoms with Crippen molar-refractivity contribution in [2.75, 3.05) is 0 Å². The molecule has 0 spiro atoms. The molecule has 4 heteroatoms. The highest BCUT2D eigenvalue weighted by molar-refractivity contribution is 14.1. The molecule has 0 atom stereocenters. The van der Waals surface area contributed by atoms with E-state index in [0.29, 0.717) is 0 Å². The lowest BCUT2D eigenvalue weighted by Crippen LogP contribution is -1.86. The van der Waals surface area contributed by atoms with Gasteiger partial charge in [-0.15, -0.1) is 11.3 Å². The number of hydrogen-bond acceptors (Lipinski definition) is 1. The van der Waals surface area contributed by atoms with Gasteiger partial charge in [0.2, 0.25) is 0 Å². The average molecular weight is 562 g/mol. The minimum absolute atomic E-state index is 1.27. The fraction of sp³-hybridized carbons (Fsp3) is 0. The molecule has 0 saturated carbocycles. The molecule has 34 heavy (non-hydrogen) atoms. The summed E-state index contributed by atoms with van der Waals surface area (Å²) in [5.74, 6) is 0. The maximum atomic E-state index is 2.57. The van der Waals surface area contributed by atoms with E-state index in [1.165, 1.54) is 80.1 Å². The first-order valence-corrected chi connectivity index (χ1v) is 13.2. The molecule has 0 aliphatic rings. The Balaban J connectivity index is 1.75. The predicted octanol–water partition coefficient (Wildman–Crippen LogP) is 9.51. The highest BCUT2D eigenvalue weighted by atomic mass is 127. The van der Waals surface area contributed by atoms with Gasteiger partial charge in [-0.2, -0.15) is 0 Å². The Morgan fingerprint density at radius 2 is 1.12 bits per heavy atom.